The zero-order valence-electron chi connectivity index (χ0n) is 13.7. The summed E-state index contributed by atoms with van der Waals surface area (Å²) in [6.45, 7) is 7.35. The largest absolute Gasteiger partial charge is 0.494 e. The molecule has 1 nitrogen and oxygen atoms in total. The molecular formula is C19H32O. The van der Waals surface area contributed by atoms with Crippen molar-refractivity contribution < 1.29 is 4.74 Å². The predicted molar refractivity (Wildman–Crippen MR) is 88.5 cm³/mol. The van der Waals surface area contributed by atoms with E-state index in [1.54, 1.807) is 0 Å². The van der Waals surface area contributed by atoms with Crippen molar-refractivity contribution in [2.24, 2.45) is 5.92 Å². The van der Waals surface area contributed by atoms with Crippen molar-refractivity contribution in [2.45, 2.75) is 72.1 Å². The lowest BCUT2D eigenvalue weighted by Crippen LogP contribution is -2.05. The molecule has 1 aromatic carbocycles. The van der Waals surface area contributed by atoms with Gasteiger partial charge in [-0.2, -0.15) is 0 Å². The van der Waals surface area contributed by atoms with E-state index in [-0.39, 0.29) is 0 Å². The molecule has 0 aromatic heterocycles. The second-order valence-electron chi connectivity index (χ2n) is 5.79. The molecule has 1 aromatic rings. The van der Waals surface area contributed by atoms with Crippen molar-refractivity contribution in [3.8, 4) is 5.75 Å². The Bertz CT molecular complexity index is 328. The van der Waals surface area contributed by atoms with Crippen molar-refractivity contribution in [1.29, 1.82) is 0 Å². The molecular weight excluding hydrogens is 244 g/mol. The molecule has 0 saturated heterocycles. The Balaban J connectivity index is 2.48. The second-order valence-corrected chi connectivity index (χ2v) is 5.79. The molecule has 0 spiro atoms. The van der Waals surface area contributed by atoms with Crippen LogP contribution in [0, 0.1) is 5.92 Å². The summed E-state index contributed by atoms with van der Waals surface area (Å²) in [5.74, 6) is 1.85. The van der Waals surface area contributed by atoms with Crippen LogP contribution < -0.4 is 4.74 Å². The molecule has 0 aliphatic heterocycles. The van der Waals surface area contributed by atoms with Crippen LogP contribution in [0.15, 0.2) is 24.3 Å². The molecule has 114 valence electrons. The molecule has 0 aliphatic carbocycles. The first kappa shape index (κ1) is 17.1. The summed E-state index contributed by atoms with van der Waals surface area (Å²) >= 11 is 0. The summed E-state index contributed by atoms with van der Waals surface area (Å²) in [6, 6.07) is 8.71. The monoisotopic (exact) mass is 276 g/mol. The van der Waals surface area contributed by atoms with Crippen LogP contribution in [0.1, 0.15) is 71.3 Å². The van der Waals surface area contributed by atoms with Crippen molar-refractivity contribution >= 4 is 0 Å². The fourth-order valence-electron chi connectivity index (χ4n) is 2.75. The van der Waals surface area contributed by atoms with Gasteiger partial charge in [0.05, 0.1) is 6.61 Å². The van der Waals surface area contributed by atoms with E-state index in [0.29, 0.717) is 0 Å². The van der Waals surface area contributed by atoms with E-state index in [2.05, 4.69) is 38.1 Å². The van der Waals surface area contributed by atoms with E-state index in [4.69, 9.17) is 4.74 Å². The van der Waals surface area contributed by atoms with E-state index in [9.17, 15) is 0 Å². The van der Waals surface area contributed by atoms with Gasteiger partial charge in [0, 0.05) is 0 Å². The maximum absolute atomic E-state index is 5.51. The molecule has 0 radical (unpaired) electrons. The zero-order valence-corrected chi connectivity index (χ0v) is 13.7. The fraction of sp³-hybridized carbons (Fsp3) is 0.684. The van der Waals surface area contributed by atoms with Gasteiger partial charge < -0.3 is 4.74 Å². The Morgan fingerprint density at radius 3 is 2.10 bits per heavy atom. The number of hydrogen-bond acceptors (Lipinski definition) is 1. The number of benzene rings is 1. The lowest BCUT2D eigenvalue weighted by molar-refractivity contribution is 0.340. The van der Waals surface area contributed by atoms with Gasteiger partial charge in [0.1, 0.15) is 5.75 Å². The van der Waals surface area contributed by atoms with Gasteiger partial charge in [0.15, 0.2) is 0 Å². The molecule has 1 heteroatoms. The summed E-state index contributed by atoms with van der Waals surface area (Å²) in [6.07, 6.45) is 10.8. The third kappa shape index (κ3) is 6.98. The Morgan fingerprint density at radius 2 is 1.50 bits per heavy atom. The summed E-state index contributed by atoms with van der Waals surface area (Å²) in [5.41, 5.74) is 1.46. The smallest absolute Gasteiger partial charge is 0.119 e. The number of hydrogen-bond donors (Lipinski definition) is 0. The molecule has 1 unspecified atom stereocenters. The van der Waals surface area contributed by atoms with Crippen molar-refractivity contribution in [1.82, 2.24) is 0 Å². The highest BCUT2D eigenvalue weighted by Gasteiger charge is 2.09. The zero-order chi connectivity index (χ0) is 14.6. The standard InChI is InChI=1S/C19H32O/c1-4-7-9-11-17(10-8-5-2)16-18-12-14-19(15-13-18)20-6-3/h12-15,17H,4-11,16H2,1-3H3. The van der Waals surface area contributed by atoms with Gasteiger partial charge in [-0.25, -0.2) is 0 Å². The van der Waals surface area contributed by atoms with Crippen molar-refractivity contribution in [2.75, 3.05) is 6.61 Å². The van der Waals surface area contributed by atoms with Gasteiger partial charge in [-0.15, -0.1) is 0 Å². The molecule has 1 rings (SSSR count). The number of rotatable bonds is 11. The topological polar surface area (TPSA) is 9.23 Å². The highest BCUT2D eigenvalue weighted by atomic mass is 16.5. The second kappa shape index (κ2) is 10.8. The van der Waals surface area contributed by atoms with Gasteiger partial charge in [0.25, 0.3) is 0 Å². The SMILES string of the molecule is CCCCCC(CCCC)Cc1ccc(OCC)cc1. The van der Waals surface area contributed by atoms with Crippen molar-refractivity contribution in [3.63, 3.8) is 0 Å². The maximum Gasteiger partial charge on any atom is 0.119 e. The van der Waals surface area contributed by atoms with Gasteiger partial charge in [-0.1, -0.05) is 70.9 Å². The van der Waals surface area contributed by atoms with Crippen LogP contribution in [0.3, 0.4) is 0 Å². The molecule has 0 saturated carbocycles. The molecule has 20 heavy (non-hydrogen) atoms. The molecule has 0 amide bonds. The fourth-order valence-corrected chi connectivity index (χ4v) is 2.75. The summed E-state index contributed by atoms with van der Waals surface area (Å²) < 4.78 is 5.51. The Morgan fingerprint density at radius 1 is 0.850 bits per heavy atom. The third-order valence-corrected chi connectivity index (χ3v) is 3.94. The molecule has 1 atom stereocenters. The van der Waals surface area contributed by atoms with E-state index in [1.165, 1.54) is 56.9 Å². The first-order valence-corrected chi connectivity index (χ1v) is 8.51. The minimum absolute atomic E-state index is 0.746. The van der Waals surface area contributed by atoms with Crippen LogP contribution in [0.25, 0.3) is 0 Å². The van der Waals surface area contributed by atoms with Crippen LogP contribution >= 0.6 is 0 Å². The summed E-state index contributed by atoms with van der Waals surface area (Å²) in [4.78, 5) is 0. The Hall–Kier alpha value is -0.980. The van der Waals surface area contributed by atoms with Gasteiger partial charge >= 0.3 is 0 Å². The van der Waals surface area contributed by atoms with E-state index in [1.807, 2.05) is 6.92 Å². The van der Waals surface area contributed by atoms with Gasteiger partial charge in [0.2, 0.25) is 0 Å². The molecule has 0 aliphatic rings. The van der Waals surface area contributed by atoms with Crippen LogP contribution in [0.5, 0.6) is 5.75 Å². The normalized spacial score (nSPS) is 12.3. The Labute approximate surface area is 125 Å². The maximum atomic E-state index is 5.51. The number of ether oxygens (including phenoxy) is 1. The lowest BCUT2D eigenvalue weighted by atomic mass is 9.89. The summed E-state index contributed by atoms with van der Waals surface area (Å²) in [5, 5.41) is 0. The lowest BCUT2D eigenvalue weighted by Gasteiger charge is -2.17. The average molecular weight is 276 g/mol. The van der Waals surface area contributed by atoms with Crippen LogP contribution in [-0.2, 0) is 6.42 Å². The minimum Gasteiger partial charge on any atom is -0.494 e. The van der Waals surface area contributed by atoms with E-state index >= 15 is 0 Å². The first-order valence-electron chi connectivity index (χ1n) is 8.51. The third-order valence-electron chi connectivity index (χ3n) is 3.94. The molecule has 0 fully saturated rings. The number of unbranched alkanes of at least 4 members (excludes halogenated alkanes) is 3. The minimum atomic E-state index is 0.746. The quantitative estimate of drug-likeness (QED) is 0.449. The molecule has 0 bridgehead atoms. The highest BCUT2D eigenvalue weighted by Crippen LogP contribution is 2.23. The van der Waals surface area contributed by atoms with Gasteiger partial charge in [-0.3, -0.25) is 0 Å². The average Bonchev–Trinajstić information content (AvgIpc) is 2.47. The predicted octanol–water partition coefficient (Wildman–Crippen LogP) is 6.01. The first-order chi connectivity index (χ1) is 9.80. The highest BCUT2D eigenvalue weighted by molar-refractivity contribution is 5.27. The van der Waals surface area contributed by atoms with E-state index in [0.717, 1.165) is 18.3 Å². The molecule has 0 heterocycles. The van der Waals surface area contributed by atoms with Crippen LogP contribution in [0.4, 0.5) is 0 Å². The van der Waals surface area contributed by atoms with Crippen molar-refractivity contribution in [3.05, 3.63) is 29.8 Å². The molecule has 0 N–H and O–H groups in total. The van der Waals surface area contributed by atoms with Crippen LogP contribution in [0.2, 0.25) is 0 Å². The van der Waals surface area contributed by atoms with Gasteiger partial charge in [-0.05, 0) is 37.0 Å². The Kier molecular flexibility index (Phi) is 9.19. The van der Waals surface area contributed by atoms with Crippen LogP contribution in [-0.4, -0.2) is 6.61 Å². The summed E-state index contributed by atoms with van der Waals surface area (Å²) in [7, 11) is 0. The van der Waals surface area contributed by atoms with E-state index < -0.39 is 0 Å².